The Kier molecular flexibility index (Phi) is 4.72. The van der Waals surface area contributed by atoms with E-state index in [1.54, 1.807) is 6.07 Å². The van der Waals surface area contributed by atoms with Crippen molar-refractivity contribution in [1.29, 1.82) is 0 Å². The van der Waals surface area contributed by atoms with Crippen LogP contribution in [0, 0.1) is 6.92 Å². The quantitative estimate of drug-likeness (QED) is 0.832. The van der Waals surface area contributed by atoms with Gasteiger partial charge in [-0.05, 0) is 31.9 Å². The number of amides is 1. The van der Waals surface area contributed by atoms with E-state index in [2.05, 4.69) is 10.3 Å². The Balaban J connectivity index is 1.58. The van der Waals surface area contributed by atoms with Crippen LogP contribution in [0.5, 0.6) is 0 Å². The average Bonchev–Trinajstić information content (AvgIpc) is 3.27. The molecule has 9 heteroatoms. The number of rotatable bonds is 6. The third-order valence-electron chi connectivity index (χ3n) is 3.86. The summed E-state index contributed by atoms with van der Waals surface area (Å²) in [6.07, 6.45) is 4.49. The van der Waals surface area contributed by atoms with E-state index in [9.17, 15) is 13.2 Å². The van der Waals surface area contributed by atoms with Gasteiger partial charge in [0, 0.05) is 19.3 Å². The maximum Gasteiger partial charge on any atom is 0.262 e. The van der Waals surface area contributed by atoms with Gasteiger partial charge < -0.3 is 14.3 Å². The molecule has 1 saturated heterocycles. The minimum atomic E-state index is -3.55. The van der Waals surface area contributed by atoms with Gasteiger partial charge in [-0.3, -0.25) is 4.79 Å². The molecule has 0 bridgehead atoms. The van der Waals surface area contributed by atoms with Gasteiger partial charge in [0.2, 0.25) is 5.91 Å². The van der Waals surface area contributed by atoms with Crippen molar-refractivity contribution in [2.24, 2.45) is 0 Å². The molecule has 130 valence electrons. The zero-order valence-electron chi connectivity index (χ0n) is 13.4. The van der Waals surface area contributed by atoms with E-state index in [0.717, 1.165) is 18.6 Å². The summed E-state index contributed by atoms with van der Waals surface area (Å²) in [6.45, 7) is 3.18. The van der Waals surface area contributed by atoms with Crippen LogP contribution in [0.3, 0.4) is 0 Å². The van der Waals surface area contributed by atoms with Gasteiger partial charge in [0.05, 0.1) is 12.9 Å². The van der Waals surface area contributed by atoms with E-state index in [1.807, 2.05) is 13.0 Å². The van der Waals surface area contributed by atoms with Crippen LogP contribution in [0.4, 0.5) is 0 Å². The second-order valence-electron chi connectivity index (χ2n) is 5.78. The van der Waals surface area contributed by atoms with Crippen LogP contribution in [-0.2, 0) is 27.9 Å². The van der Waals surface area contributed by atoms with Gasteiger partial charge in [0.15, 0.2) is 5.03 Å². The standard InChI is InChI=1S/C15H20N4O4S/c1-12-4-5-13(23-12)8-16-14(20)9-18-10-15(17-11-18)24(21,22)19-6-2-3-7-19/h4-5,10-11H,2-3,6-9H2,1H3,(H,16,20). The fraction of sp³-hybridized carbons (Fsp3) is 0.467. The molecule has 3 rings (SSSR count). The van der Waals surface area contributed by atoms with Crippen LogP contribution in [0.1, 0.15) is 24.4 Å². The molecule has 0 unspecified atom stereocenters. The zero-order chi connectivity index (χ0) is 17.2. The van der Waals surface area contributed by atoms with Gasteiger partial charge >= 0.3 is 0 Å². The van der Waals surface area contributed by atoms with Crippen LogP contribution in [0.15, 0.2) is 34.1 Å². The summed E-state index contributed by atoms with van der Waals surface area (Å²) >= 11 is 0. The Bertz CT molecular complexity index is 818. The molecule has 1 aliphatic heterocycles. The molecule has 0 radical (unpaired) electrons. The van der Waals surface area contributed by atoms with Gasteiger partial charge in [-0.25, -0.2) is 13.4 Å². The molecule has 1 aliphatic rings. The predicted molar refractivity (Wildman–Crippen MR) is 85.5 cm³/mol. The molecule has 0 saturated carbocycles. The number of aryl methyl sites for hydroxylation is 1. The first kappa shape index (κ1) is 16.7. The van der Waals surface area contributed by atoms with Gasteiger partial charge in [0.1, 0.15) is 18.1 Å². The molecule has 1 fully saturated rings. The maximum absolute atomic E-state index is 12.4. The topological polar surface area (TPSA) is 97.4 Å². The van der Waals surface area contributed by atoms with Crippen molar-refractivity contribution in [3.63, 3.8) is 0 Å². The van der Waals surface area contributed by atoms with Crippen molar-refractivity contribution < 1.29 is 17.6 Å². The normalized spacial score (nSPS) is 15.7. The maximum atomic E-state index is 12.4. The SMILES string of the molecule is Cc1ccc(CNC(=O)Cn2cnc(S(=O)(=O)N3CCCC3)c2)o1. The van der Waals surface area contributed by atoms with E-state index in [1.165, 1.54) is 21.4 Å². The summed E-state index contributed by atoms with van der Waals surface area (Å²) in [5.74, 6) is 1.21. The van der Waals surface area contributed by atoms with E-state index in [0.29, 0.717) is 25.4 Å². The van der Waals surface area contributed by atoms with Crippen molar-refractivity contribution in [1.82, 2.24) is 19.2 Å². The number of nitrogens with one attached hydrogen (secondary N) is 1. The Morgan fingerprint density at radius 3 is 2.75 bits per heavy atom. The highest BCUT2D eigenvalue weighted by atomic mass is 32.2. The van der Waals surface area contributed by atoms with Crippen molar-refractivity contribution in [2.45, 2.75) is 37.9 Å². The lowest BCUT2D eigenvalue weighted by molar-refractivity contribution is -0.121. The van der Waals surface area contributed by atoms with E-state index in [4.69, 9.17) is 4.42 Å². The number of furan rings is 1. The molecule has 0 aromatic carbocycles. The molecule has 1 N–H and O–H groups in total. The van der Waals surface area contributed by atoms with Crippen molar-refractivity contribution in [3.8, 4) is 0 Å². The molecule has 2 aromatic rings. The monoisotopic (exact) mass is 352 g/mol. The third-order valence-corrected chi connectivity index (χ3v) is 5.65. The molecule has 24 heavy (non-hydrogen) atoms. The average molecular weight is 352 g/mol. The lowest BCUT2D eigenvalue weighted by atomic mass is 10.4. The fourth-order valence-corrected chi connectivity index (χ4v) is 4.06. The highest BCUT2D eigenvalue weighted by molar-refractivity contribution is 7.89. The second-order valence-corrected chi connectivity index (χ2v) is 7.67. The van der Waals surface area contributed by atoms with Crippen molar-refractivity contribution in [2.75, 3.05) is 13.1 Å². The van der Waals surface area contributed by atoms with Crippen LogP contribution in [0.25, 0.3) is 0 Å². The lowest BCUT2D eigenvalue weighted by Gasteiger charge is -2.12. The van der Waals surface area contributed by atoms with Crippen molar-refractivity contribution in [3.05, 3.63) is 36.2 Å². The first-order valence-electron chi connectivity index (χ1n) is 7.79. The van der Waals surface area contributed by atoms with E-state index >= 15 is 0 Å². The summed E-state index contributed by atoms with van der Waals surface area (Å²) < 4.78 is 33.0. The van der Waals surface area contributed by atoms with Crippen LogP contribution in [-0.4, -0.2) is 41.3 Å². The third kappa shape index (κ3) is 3.68. The highest BCUT2D eigenvalue weighted by Gasteiger charge is 2.29. The van der Waals surface area contributed by atoms with Gasteiger partial charge in [-0.2, -0.15) is 4.31 Å². The first-order chi connectivity index (χ1) is 11.4. The molecule has 2 aromatic heterocycles. The summed E-state index contributed by atoms with van der Waals surface area (Å²) in [7, 11) is -3.55. The smallest absolute Gasteiger partial charge is 0.262 e. The van der Waals surface area contributed by atoms with Gasteiger partial charge in [-0.15, -0.1) is 0 Å². The minimum Gasteiger partial charge on any atom is -0.465 e. The largest absolute Gasteiger partial charge is 0.465 e. The Morgan fingerprint density at radius 1 is 1.33 bits per heavy atom. The highest BCUT2D eigenvalue weighted by Crippen LogP contribution is 2.19. The molecule has 1 amide bonds. The predicted octanol–water partition coefficient (Wildman–Crippen LogP) is 0.885. The first-order valence-corrected chi connectivity index (χ1v) is 9.23. The van der Waals surface area contributed by atoms with E-state index in [-0.39, 0.29) is 17.5 Å². The van der Waals surface area contributed by atoms with Crippen LogP contribution >= 0.6 is 0 Å². The number of hydrogen-bond donors (Lipinski definition) is 1. The van der Waals surface area contributed by atoms with Gasteiger partial charge in [0.25, 0.3) is 10.0 Å². The molecular weight excluding hydrogens is 332 g/mol. The fourth-order valence-electron chi connectivity index (χ4n) is 2.61. The number of imidazole rings is 1. The Labute approximate surface area is 140 Å². The number of nitrogens with zero attached hydrogens (tertiary/aromatic N) is 3. The number of sulfonamides is 1. The molecule has 0 atom stereocenters. The molecule has 0 spiro atoms. The molecular formula is C15H20N4O4S. The Hall–Kier alpha value is -2.13. The van der Waals surface area contributed by atoms with Crippen molar-refractivity contribution >= 4 is 15.9 Å². The Morgan fingerprint density at radius 2 is 2.08 bits per heavy atom. The zero-order valence-corrected chi connectivity index (χ0v) is 14.3. The summed E-state index contributed by atoms with van der Waals surface area (Å²) in [4.78, 5) is 15.9. The second kappa shape index (κ2) is 6.78. The van der Waals surface area contributed by atoms with Gasteiger partial charge in [-0.1, -0.05) is 0 Å². The summed E-state index contributed by atoms with van der Waals surface area (Å²) in [5.41, 5.74) is 0. The molecule has 8 nitrogen and oxygen atoms in total. The lowest BCUT2D eigenvalue weighted by Crippen LogP contribution is -2.28. The number of aromatic nitrogens is 2. The summed E-state index contributed by atoms with van der Waals surface area (Å²) in [6, 6.07) is 3.63. The number of hydrogen-bond acceptors (Lipinski definition) is 5. The van der Waals surface area contributed by atoms with Crippen LogP contribution in [0.2, 0.25) is 0 Å². The number of carbonyl (C=O) groups is 1. The summed E-state index contributed by atoms with van der Waals surface area (Å²) in [5, 5.41) is 2.71. The minimum absolute atomic E-state index is 0.00219. The van der Waals surface area contributed by atoms with E-state index < -0.39 is 10.0 Å². The number of carbonyl (C=O) groups excluding carboxylic acids is 1. The molecule has 3 heterocycles. The molecule has 0 aliphatic carbocycles. The van der Waals surface area contributed by atoms with Crippen LogP contribution < -0.4 is 5.32 Å².